The molecule has 1 aromatic rings. The summed E-state index contributed by atoms with van der Waals surface area (Å²) in [5, 5.41) is 0.737. The monoisotopic (exact) mass is 312 g/mol. The van der Waals surface area contributed by atoms with Gasteiger partial charge in [-0.05, 0) is 18.6 Å². The molecule has 0 unspecified atom stereocenters. The Morgan fingerprint density at radius 1 is 1.05 bits per heavy atom. The molecule has 20 heavy (non-hydrogen) atoms. The van der Waals surface area contributed by atoms with Crippen molar-refractivity contribution in [2.24, 2.45) is 0 Å². The average molecular weight is 313 g/mol. The summed E-state index contributed by atoms with van der Waals surface area (Å²) in [5.74, 6) is 0.878. The van der Waals surface area contributed by atoms with Crippen LogP contribution in [-0.2, 0) is 4.79 Å². The first-order chi connectivity index (χ1) is 9.74. The maximum atomic E-state index is 11.8. The number of carbonyl (C=O) groups is 1. The van der Waals surface area contributed by atoms with E-state index in [1.54, 1.807) is 11.8 Å². The van der Waals surface area contributed by atoms with Gasteiger partial charge in [-0.25, -0.2) is 0 Å². The average Bonchev–Trinajstić information content (AvgIpc) is 2.45. The van der Waals surface area contributed by atoms with Crippen LogP contribution in [0.4, 0.5) is 0 Å². The molecule has 3 heteroatoms. The van der Waals surface area contributed by atoms with E-state index in [0.29, 0.717) is 18.0 Å². The lowest BCUT2D eigenvalue weighted by molar-refractivity contribution is -0.116. The Bertz CT molecular complexity index is 392. The molecule has 1 rings (SSSR count). The first-order valence-corrected chi connectivity index (χ1v) is 8.99. The van der Waals surface area contributed by atoms with Gasteiger partial charge in [0.05, 0.1) is 10.8 Å². The molecule has 0 aromatic heterocycles. The Morgan fingerprint density at radius 2 is 1.70 bits per heavy atom. The van der Waals surface area contributed by atoms with Crippen LogP contribution in [0.25, 0.3) is 0 Å². The van der Waals surface area contributed by atoms with Crippen LogP contribution in [0.5, 0.6) is 0 Å². The van der Waals surface area contributed by atoms with Gasteiger partial charge < -0.3 is 0 Å². The summed E-state index contributed by atoms with van der Waals surface area (Å²) in [6.45, 7) is 2.23. The minimum atomic E-state index is 0.337. The molecule has 0 aliphatic heterocycles. The lowest BCUT2D eigenvalue weighted by Crippen LogP contribution is -2.01. The second-order valence-corrected chi connectivity index (χ2v) is 6.55. The number of rotatable bonds is 11. The SMILES string of the molecule is CCCCCCCCCC(=O)CSc1ccccc1Cl. The van der Waals surface area contributed by atoms with Crippen LogP contribution < -0.4 is 0 Å². The van der Waals surface area contributed by atoms with Crippen molar-refractivity contribution in [3.05, 3.63) is 29.3 Å². The molecule has 0 amide bonds. The third kappa shape index (κ3) is 7.96. The van der Waals surface area contributed by atoms with Gasteiger partial charge in [-0.1, -0.05) is 69.2 Å². The first-order valence-electron chi connectivity index (χ1n) is 7.63. The summed E-state index contributed by atoms with van der Waals surface area (Å²) < 4.78 is 0. The number of hydrogen-bond donors (Lipinski definition) is 0. The minimum Gasteiger partial charge on any atom is -0.299 e. The van der Waals surface area contributed by atoms with Gasteiger partial charge in [-0.15, -0.1) is 11.8 Å². The maximum absolute atomic E-state index is 11.8. The normalized spacial score (nSPS) is 10.7. The smallest absolute Gasteiger partial charge is 0.143 e. The molecule has 0 bridgehead atoms. The lowest BCUT2D eigenvalue weighted by Gasteiger charge is -2.04. The highest BCUT2D eigenvalue weighted by Crippen LogP contribution is 2.26. The predicted molar refractivity (Wildman–Crippen MR) is 89.8 cm³/mol. The Labute approximate surface area is 132 Å². The largest absolute Gasteiger partial charge is 0.299 e. The Kier molecular flexibility index (Phi) is 9.86. The van der Waals surface area contributed by atoms with Gasteiger partial charge in [0.2, 0.25) is 0 Å². The zero-order chi connectivity index (χ0) is 14.6. The van der Waals surface area contributed by atoms with Gasteiger partial charge in [0.15, 0.2) is 0 Å². The molecule has 0 spiro atoms. The van der Waals surface area contributed by atoms with E-state index < -0.39 is 0 Å². The van der Waals surface area contributed by atoms with Crippen molar-refractivity contribution in [3.8, 4) is 0 Å². The van der Waals surface area contributed by atoms with E-state index in [0.717, 1.165) is 16.3 Å². The zero-order valence-electron chi connectivity index (χ0n) is 12.4. The molecule has 0 aliphatic rings. The second kappa shape index (κ2) is 11.2. The van der Waals surface area contributed by atoms with E-state index in [1.807, 2.05) is 24.3 Å². The number of benzene rings is 1. The molecule has 0 saturated heterocycles. The summed E-state index contributed by atoms with van der Waals surface area (Å²) in [6, 6.07) is 7.69. The lowest BCUT2D eigenvalue weighted by atomic mass is 10.1. The van der Waals surface area contributed by atoms with Gasteiger partial charge in [0.1, 0.15) is 5.78 Å². The summed E-state index contributed by atoms with van der Waals surface area (Å²) in [6.07, 6.45) is 9.49. The third-order valence-electron chi connectivity index (χ3n) is 3.28. The highest BCUT2D eigenvalue weighted by atomic mass is 35.5. The second-order valence-electron chi connectivity index (χ2n) is 5.13. The van der Waals surface area contributed by atoms with Crippen molar-refractivity contribution in [1.29, 1.82) is 0 Å². The minimum absolute atomic E-state index is 0.337. The van der Waals surface area contributed by atoms with E-state index in [-0.39, 0.29) is 0 Å². The van der Waals surface area contributed by atoms with Gasteiger partial charge in [-0.3, -0.25) is 4.79 Å². The van der Waals surface area contributed by atoms with Gasteiger partial charge in [0.25, 0.3) is 0 Å². The first kappa shape index (κ1) is 17.6. The van der Waals surface area contributed by atoms with Gasteiger partial charge in [0, 0.05) is 11.3 Å². The summed E-state index contributed by atoms with van der Waals surface area (Å²) in [5.41, 5.74) is 0. The molecule has 0 N–H and O–H groups in total. The summed E-state index contributed by atoms with van der Waals surface area (Å²) >= 11 is 7.61. The highest BCUT2D eigenvalue weighted by Gasteiger charge is 2.05. The number of carbonyl (C=O) groups excluding carboxylic acids is 1. The fraction of sp³-hybridized carbons (Fsp3) is 0.588. The van der Waals surface area contributed by atoms with Crippen molar-refractivity contribution >= 4 is 29.1 Å². The van der Waals surface area contributed by atoms with Crippen molar-refractivity contribution in [2.45, 2.75) is 63.2 Å². The highest BCUT2D eigenvalue weighted by molar-refractivity contribution is 8.00. The van der Waals surface area contributed by atoms with Crippen LogP contribution >= 0.6 is 23.4 Å². The molecule has 0 radical (unpaired) electrons. The number of ketones is 1. The fourth-order valence-corrected chi connectivity index (χ4v) is 3.21. The Balaban J connectivity index is 2.05. The topological polar surface area (TPSA) is 17.1 Å². The van der Waals surface area contributed by atoms with Crippen LogP contribution in [0, 0.1) is 0 Å². The standard InChI is InChI=1S/C17H25ClOS/c1-2-3-4-5-6-7-8-11-15(19)14-20-17-13-10-9-12-16(17)18/h9-10,12-13H,2-8,11,14H2,1H3. The number of Topliss-reactive ketones (excluding diaryl/α,β-unsaturated/α-hetero) is 1. The maximum Gasteiger partial charge on any atom is 0.143 e. The number of thioether (sulfide) groups is 1. The van der Waals surface area contributed by atoms with E-state index >= 15 is 0 Å². The van der Waals surface area contributed by atoms with Crippen LogP contribution in [0.1, 0.15) is 58.3 Å². The van der Waals surface area contributed by atoms with E-state index in [4.69, 9.17) is 11.6 Å². The molecule has 112 valence electrons. The molecular weight excluding hydrogens is 288 g/mol. The molecule has 1 aromatic carbocycles. The van der Waals surface area contributed by atoms with Crippen LogP contribution in [-0.4, -0.2) is 11.5 Å². The van der Waals surface area contributed by atoms with Crippen molar-refractivity contribution < 1.29 is 4.79 Å². The van der Waals surface area contributed by atoms with E-state index in [2.05, 4.69) is 6.92 Å². The summed E-state index contributed by atoms with van der Waals surface area (Å²) in [7, 11) is 0. The molecule has 0 heterocycles. The van der Waals surface area contributed by atoms with E-state index in [1.165, 1.54) is 38.5 Å². The van der Waals surface area contributed by atoms with Crippen LogP contribution in [0.2, 0.25) is 5.02 Å². The van der Waals surface area contributed by atoms with Crippen molar-refractivity contribution in [2.75, 3.05) is 5.75 Å². The number of unbranched alkanes of at least 4 members (excludes halogenated alkanes) is 6. The van der Waals surface area contributed by atoms with Crippen molar-refractivity contribution in [1.82, 2.24) is 0 Å². The molecule has 0 fully saturated rings. The number of halogens is 1. The predicted octanol–water partition coefficient (Wildman–Crippen LogP) is 6.14. The van der Waals surface area contributed by atoms with Crippen molar-refractivity contribution in [3.63, 3.8) is 0 Å². The Morgan fingerprint density at radius 3 is 2.40 bits per heavy atom. The molecular formula is C17H25ClOS. The number of hydrogen-bond acceptors (Lipinski definition) is 2. The van der Waals surface area contributed by atoms with Gasteiger partial charge in [-0.2, -0.15) is 0 Å². The van der Waals surface area contributed by atoms with Gasteiger partial charge >= 0.3 is 0 Å². The molecule has 1 nitrogen and oxygen atoms in total. The molecule has 0 atom stereocenters. The summed E-state index contributed by atoms with van der Waals surface area (Å²) in [4.78, 5) is 12.8. The quantitative estimate of drug-likeness (QED) is 0.360. The van der Waals surface area contributed by atoms with Crippen LogP contribution in [0.3, 0.4) is 0 Å². The molecule has 0 saturated carbocycles. The van der Waals surface area contributed by atoms with Crippen LogP contribution in [0.15, 0.2) is 29.2 Å². The fourth-order valence-electron chi connectivity index (χ4n) is 2.07. The third-order valence-corrected chi connectivity index (χ3v) is 4.86. The van der Waals surface area contributed by atoms with E-state index in [9.17, 15) is 4.79 Å². The Hall–Kier alpha value is -0.470. The zero-order valence-corrected chi connectivity index (χ0v) is 13.9. The molecule has 0 aliphatic carbocycles.